The van der Waals surface area contributed by atoms with Crippen LogP contribution in [-0.4, -0.2) is 55.8 Å². The Labute approximate surface area is 184 Å². The molecule has 1 aliphatic heterocycles. The van der Waals surface area contributed by atoms with Crippen LogP contribution in [-0.2, 0) is 11.4 Å². The van der Waals surface area contributed by atoms with Gasteiger partial charge >= 0.3 is 6.09 Å². The van der Waals surface area contributed by atoms with E-state index in [1.165, 1.54) is 4.90 Å². The molecule has 0 atom stereocenters. The lowest BCUT2D eigenvalue weighted by molar-refractivity contribution is -0.497. The first-order chi connectivity index (χ1) is 15.0. The Kier molecular flexibility index (Phi) is 6.34. The number of hydrogen-bond donors (Lipinski definition) is 3. The molecule has 3 N–H and O–H groups in total. The van der Waals surface area contributed by atoms with E-state index in [2.05, 4.69) is 41.0 Å². The van der Waals surface area contributed by atoms with Gasteiger partial charge in [0, 0.05) is 18.0 Å². The molecule has 0 radical (unpaired) electrons. The highest BCUT2D eigenvalue weighted by Crippen LogP contribution is 2.29. The minimum atomic E-state index is -0.641. The van der Waals surface area contributed by atoms with Crippen molar-refractivity contribution in [3.05, 3.63) is 58.8 Å². The molecule has 0 spiro atoms. The van der Waals surface area contributed by atoms with Crippen LogP contribution in [0.5, 0.6) is 5.75 Å². The SMILES string of the molecule is O=C(Oc1ccccc1CON(O)O)N1CCN=C1Nc1ccc2nccnc2c1Br. The number of amides is 1. The number of benzene rings is 2. The second-order valence-corrected chi connectivity index (χ2v) is 7.13. The van der Waals surface area contributed by atoms with Crippen molar-refractivity contribution in [3.63, 3.8) is 0 Å². The van der Waals surface area contributed by atoms with Crippen molar-refractivity contribution < 1.29 is 24.8 Å². The Morgan fingerprint density at radius 3 is 2.84 bits per heavy atom. The van der Waals surface area contributed by atoms with Gasteiger partial charge in [-0.1, -0.05) is 18.2 Å². The van der Waals surface area contributed by atoms with Crippen LogP contribution in [0.3, 0.4) is 0 Å². The van der Waals surface area contributed by atoms with Gasteiger partial charge in [0.2, 0.25) is 5.96 Å². The molecule has 160 valence electrons. The van der Waals surface area contributed by atoms with Crippen LogP contribution >= 0.6 is 15.9 Å². The first kappa shape index (κ1) is 21.1. The lowest BCUT2D eigenvalue weighted by Gasteiger charge is -2.20. The van der Waals surface area contributed by atoms with E-state index in [-0.39, 0.29) is 12.4 Å². The molecule has 0 saturated carbocycles. The lowest BCUT2D eigenvalue weighted by Crippen LogP contribution is -2.40. The van der Waals surface area contributed by atoms with Crippen LogP contribution in [0.15, 0.2) is 58.3 Å². The molecular weight excluding hydrogens is 472 g/mol. The van der Waals surface area contributed by atoms with Crippen molar-refractivity contribution in [1.82, 2.24) is 20.3 Å². The zero-order valence-electron chi connectivity index (χ0n) is 16.0. The van der Waals surface area contributed by atoms with Crippen LogP contribution in [0, 0.1) is 0 Å². The molecule has 0 fully saturated rings. The Bertz CT molecular complexity index is 1140. The van der Waals surface area contributed by atoms with E-state index in [9.17, 15) is 4.79 Å². The summed E-state index contributed by atoms with van der Waals surface area (Å²) < 4.78 is 6.20. The summed E-state index contributed by atoms with van der Waals surface area (Å²) in [6.07, 6.45) is 2.57. The second kappa shape index (κ2) is 9.32. The van der Waals surface area contributed by atoms with E-state index in [4.69, 9.17) is 15.2 Å². The zero-order chi connectivity index (χ0) is 21.8. The Balaban J connectivity index is 1.49. The van der Waals surface area contributed by atoms with Crippen LogP contribution < -0.4 is 10.1 Å². The van der Waals surface area contributed by atoms with Gasteiger partial charge in [-0.15, -0.1) is 0 Å². The number of nitrogens with one attached hydrogen (secondary N) is 1. The molecule has 3 aromatic rings. The summed E-state index contributed by atoms with van der Waals surface area (Å²) in [6.45, 7) is 0.545. The Hall–Kier alpha value is -3.16. The molecule has 31 heavy (non-hydrogen) atoms. The summed E-state index contributed by atoms with van der Waals surface area (Å²) in [5, 5.41) is 20.2. The van der Waals surface area contributed by atoms with Gasteiger partial charge in [-0.2, -0.15) is 0 Å². The summed E-state index contributed by atoms with van der Waals surface area (Å²) in [7, 11) is 0. The van der Waals surface area contributed by atoms with E-state index < -0.39 is 11.5 Å². The predicted octanol–water partition coefficient (Wildman–Crippen LogP) is 3.19. The van der Waals surface area contributed by atoms with Gasteiger partial charge in [0.1, 0.15) is 17.9 Å². The molecule has 0 unspecified atom stereocenters. The number of fused-ring (bicyclic) bond motifs is 1. The molecule has 2 heterocycles. The molecule has 1 aliphatic rings. The standard InChI is InChI=1S/C19H17BrN6O5/c20-16-13(5-6-14-17(16)22-8-7-21-14)24-18-23-9-10-25(18)19(27)31-15-4-2-1-3-12(15)11-30-26(28)29/h1-8,28-29H,9-11H2,(H,23,24). The number of rotatable bonds is 5. The predicted molar refractivity (Wildman–Crippen MR) is 113 cm³/mol. The van der Waals surface area contributed by atoms with Gasteiger partial charge in [-0.05, 0) is 34.1 Å². The molecule has 0 bridgehead atoms. The van der Waals surface area contributed by atoms with Gasteiger partial charge < -0.3 is 10.1 Å². The van der Waals surface area contributed by atoms with Gasteiger partial charge in [-0.3, -0.25) is 25.4 Å². The number of aromatic nitrogens is 2. The summed E-state index contributed by atoms with van der Waals surface area (Å²) in [4.78, 5) is 31.7. The first-order valence-electron chi connectivity index (χ1n) is 9.11. The number of carbonyl (C=O) groups is 1. The van der Waals surface area contributed by atoms with E-state index in [1.54, 1.807) is 36.7 Å². The van der Waals surface area contributed by atoms with Crippen LogP contribution in [0.4, 0.5) is 10.5 Å². The van der Waals surface area contributed by atoms with E-state index in [1.807, 2.05) is 12.1 Å². The second-order valence-electron chi connectivity index (χ2n) is 6.34. The summed E-state index contributed by atoms with van der Waals surface area (Å²) in [5.74, 6) is 0.558. The third-order valence-corrected chi connectivity index (χ3v) is 5.19. The normalized spacial score (nSPS) is 13.5. The molecule has 1 amide bonds. The monoisotopic (exact) mass is 488 g/mol. The molecule has 2 aromatic carbocycles. The molecule has 1 aromatic heterocycles. The van der Waals surface area contributed by atoms with Crippen LogP contribution in [0.2, 0.25) is 0 Å². The fourth-order valence-corrected chi connectivity index (χ4v) is 3.49. The molecule has 0 aliphatic carbocycles. The smallest absolute Gasteiger partial charge is 0.410 e. The maximum absolute atomic E-state index is 12.8. The molecular formula is C19H17BrN6O5. The van der Waals surface area contributed by atoms with E-state index in [0.717, 1.165) is 5.52 Å². The fourth-order valence-electron chi connectivity index (χ4n) is 2.95. The highest BCUT2D eigenvalue weighted by atomic mass is 79.9. The lowest BCUT2D eigenvalue weighted by atomic mass is 10.2. The third-order valence-electron chi connectivity index (χ3n) is 4.39. The van der Waals surface area contributed by atoms with Gasteiger partial charge in [0.15, 0.2) is 0 Å². The van der Waals surface area contributed by atoms with Gasteiger partial charge in [-0.25, -0.2) is 14.5 Å². The average Bonchev–Trinajstić information content (AvgIpc) is 3.23. The highest BCUT2D eigenvalue weighted by molar-refractivity contribution is 9.10. The van der Waals surface area contributed by atoms with Crippen molar-refractivity contribution in [2.24, 2.45) is 4.99 Å². The maximum atomic E-state index is 12.8. The first-order valence-corrected chi connectivity index (χ1v) is 9.91. The largest absolute Gasteiger partial charge is 0.422 e. The Morgan fingerprint density at radius 2 is 2.00 bits per heavy atom. The number of anilines is 1. The number of para-hydroxylation sites is 1. The van der Waals surface area contributed by atoms with Crippen LogP contribution in [0.25, 0.3) is 11.0 Å². The zero-order valence-corrected chi connectivity index (χ0v) is 17.6. The number of nitrogens with zero attached hydrogens (tertiary/aromatic N) is 5. The quantitative estimate of drug-likeness (QED) is 0.462. The number of guanidine groups is 1. The Morgan fingerprint density at radius 1 is 1.19 bits per heavy atom. The molecule has 0 saturated heterocycles. The summed E-state index contributed by atoms with van der Waals surface area (Å²) >= 11 is 3.52. The number of aliphatic imine (C=N–C) groups is 1. The van der Waals surface area contributed by atoms with Crippen molar-refractivity contribution in [2.45, 2.75) is 6.61 Å². The highest BCUT2D eigenvalue weighted by Gasteiger charge is 2.27. The van der Waals surface area contributed by atoms with E-state index in [0.29, 0.717) is 40.3 Å². The minimum absolute atomic E-state index is 0.208. The van der Waals surface area contributed by atoms with Crippen molar-refractivity contribution >= 4 is 44.7 Å². The summed E-state index contributed by atoms with van der Waals surface area (Å²) in [5.41, 5.74) is 2.53. The minimum Gasteiger partial charge on any atom is -0.410 e. The van der Waals surface area contributed by atoms with Gasteiger partial charge in [0.25, 0.3) is 0 Å². The fraction of sp³-hybridized carbons (Fsp3) is 0.158. The van der Waals surface area contributed by atoms with Crippen LogP contribution in [0.1, 0.15) is 5.56 Å². The topological polar surface area (TPSA) is 133 Å². The molecule has 12 heteroatoms. The van der Waals surface area contributed by atoms with Crippen molar-refractivity contribution in [2.75, 3.05) is 18.4 Å². The van der Waals surface area contributed by atoms with Crippen molar-refractivity contribution in [3.8, 4) is 5.75 Å². The number of halogens is 1. The third kappa shape index (κ3) is 4.78. The summed E-state index contributed by atoms with van der Waals surface area (Å²) in [6, 6.07) is 10.2. The number of hydrogen-bond acceptors (Lipinski definition) is 10. The van der Waals surface area contributed by atoms with E-state index >= 15 is 0 Å². The number of ether oxygens (including phenoxy) is 1. The van der Waals surface area contributed by atoms with Gasteiger partial charge in [0.05, 0.1) is 34.2 Å². The van der Waals surface area contributed by atoms with Crippen molar-refractivity contribution in [1.29, 1.82) is 0 Å². The molecule has 11 nitrogen and oxygen atoms in total. The number of carbonyl (C=O) groups excluding carboxylic acids is 1. The molecule has 4 rings (SSSR count). The average molecular weight is 489 g/mol. The maximum Gasteiger partial charge on any atom is 0.422 e.